The molecule has 4 heteroatoms. The summed E-state index contributed by atoms with van der Waals surface area (Å²) in [6.45, 7) is 2.02. The number of aromatic nitrogens is 2. The first-order valence-electron chi connectivity index (χ1n) is 4.87. The van der Waals surface area contributed by atoms with E-state index in [0.29, 0.717) is 5.69 Å². The largest absolute Gasteiger partial charge is 0.384 e. The summed E-state index contributed by atoms with van der Waals surface area (Å²) < 4.78 is 5.56. The monoisotopic (exact) mass is 194 g/mol. The van der Waals surface area contributed by atoms with E-state index in [2.05, 4.69) is 9.97 Å². The number of aliphatic hydroxyl groups is 1. The average molecular weight is 194 g/mol. The van der Waals surface area contributed by atoms with Gasteiger partial charge in [-0.3, -0.25) is 9.97 Å². The molecule has 1 aliphatic rings. The molecule has 0 spiro atoms. The number of hydrogen-bond acceptors (Lipinski definition) is 4. The number of ether oxygens (including phenoxy) is 1. The molecule has 1 N–H and O–H groups in total. The van der Waals surface area contributed by atoms with Gasteiger partial charge in [0.25, 0.3) is 0 Å². The predicted octanol–water partition coefficient (Wildman–Crippen LogP) is 1.08. The van der Waals surface area contributed by atoms with Crippen LogP contribution in [-0.4, -0.2) is 27.3 Å². The predicted molar refractivity (Wildman–Crippen MR) is 50.6 cm³/mol. The number of nitrogens with zero attached hydrogens (tertiary/aromatic N) is 2. The number of aliphatic hydroxyl groups excluding tert-OH is 1. The molecular formula is C10H14N2O2. The second-order valence-corrected chi connectivity index (χ2v) is 3.64. The molecule has 14 heavy (non-hydrogen) atoms. The van der Waals surface area contributed by atoms with Crippen LogP contribution in [0.5, 0.6) is 0 Å². The molecule has 0 bridgehead atoms. The van der Waals surface area contributed by atoms with Crippen molar-refractivity contribution in [3.05, 3.63) is 24.3 Å². The summed E-state index contributed by atoms with van der Waals surface area (Å²) in [4.78, 5) is 7.97. The van der Waals surface area contributed by atoms with Gasteiger partial charge in [-0.1, -0.05) is 0 Å². The van der Waals surface area contributed by atoms with Crippen LogP contribution in [0.1, 0.15) is 31.6 Å². The first kappa shape index (κ1) is 9.55. The summed E-state index contributed by atoms with van der Waals surface area (Å²) in [6, 6.07) is 0. The highest BCUT2D eigenvalue weighted by molar-refractivity contribution is 5.02. The molecule has 1 saturated heterocycles. The van der Waals surface area contributed by atoms with Crippen molar-refractivity contribution in [2.45, 2.75) is 38.1 Å². The Balaban J connectivity index is 2.05. The third-order valence-corrected chi connectivity index (χ3v) is 2.50. The Hall–Kier alpha value is -1.00. The molecule has 1 aromatic rings. The van der Waals surface area contributed by atoms with Crippen LogP contribution in [0.25, 0.3) is 0 Å². The van der Waals surface area contributed by atoms with E-state index < -0.39 is 6.10 Å². The topological polar surface area (TPSA) is 55.2 Å². The summed E-state index contributed by atoms with van der Waals surface area (Å²) >= 11 is 0. The van der Waals surface area contributed by atoms with Crippen LogP contribution < -0.4 is 0 Å². The van der Waals surface area contributed by atoms with Crippen LogP contribution in [-0.2, 0) is 4.74 Å². The molecule has 0 aliphatic carbocycles. The molecule has 0 saturated carbocycles. The second kappa shape index (κ2) is 4.02. The normalized spacial score (nSPS) is 29.0. The fourth-order valence-electron chi connectivity index (χ4n) is 1.72. The van der Waals surface area contributed by atoms with E-state index in [1.54, 1.807) is 18.6 Å². The fraction of sp³-hybridized carbons (Fsp3) is 0.600. The van der Waals surface area contributed by atoms with E-state index in [1.807, 2.05) is 6.92 Å². The maximum Gasteiger partial charge on any atom is 0.124 e. The summed E-state index contributed by atoms with van der Waals surface area (Å²) in [5, 5.41) is 9.91. The van der Waals surface area contributed by atoms with Gasteiger partial charge < -0.3 is 9.84 Å². The smallest absolute Gasteiger partial charge is 0.124 e. The zero-order chi connectivity index (χ0) is 9.97. The van der Waals surface area contributed by atoms with Crippen molar-refractivity contribution in [3.63, 3.8) is 0 Å². The maximum absolute atomic E-state index is 9.91. The van der Waals surface area contributed by atoms with E-state index in [1.165, 1.54) is 0 Å². The quantitative estimate of drug-likeness (QED) is 0.765. The molecule has 0 aromatic carbocycles. The van der Waals surface area contributed by atoms with Gasteiger partial charge in [-0.05, 0) is 19.8 Å². The van der Waals surface area contributed by atoms with Crippen LogP contribution >= 0.6 is 0 Å². The molecule has 4 nitrogen and oxygen atoms in total. The first-order chi connectivity index (χ1) is 6.77. The minimum atomic E-state index is -0.645. The first-order valence-corrected chi connectivity index (χ1v) is 4.87. The molecule has 3 atom stereocenters. The molecular weight excluding hydrogens is 180 g/mol. The molecule has 0 radical (unpaired) electrons. The van der Waals surface area contributed by atoms with Crippen molar-refractivity contribution < 1.29 is 9.84 Å². The van der Waals surface area contributed by atoms with Crippen molar-refractivity contribution in [3.8, 4) is 0 Å². The second-order valence-electron chi connectivity index (χ2n) is 3.64. The van der Waals surface area contributed by atoms with Gasteiger partial charge in [0.05, 0.1) is 24.1 Å². The lowest BCUT2D eigenvalue weighted by Crippen LogP contribution is -2.19. The van der Waals surface area contributed by atoms with Gasteiger partial charge in [-0.2, -0.15) is 0 Å². The minimum absolute atomic E-state index is 0.123. The number of hydrogen-bond donors (Lipinski definition) is 1. The summed E-state index contributed by atoms with van der Waals surface area (Å²) in [5.41, 5.74) is 0.589. The van der Waals surface area contributed by atoms with Crippen LogP contribution in [0.2, 0.25) is 0 Å². The third-order valence-electron chi connectivity index (χ3n) is 2.50. The summed E-state index contributed by atoms with van der Waals surface area (Å²) in [5.74, 6) is 0. The molecule has 2 rings (SSSR count). The SMILES string of the molecule is CC1CCC(C(O)c2cnccn2)O1. The van der Waals surface area contributed by atoms with E-state index >= 15 is 0 Å². The van der Waals surface area contributed by atoms with E-state index in [4.69, 9.17) is 4.74 Å². The molecule has 1 aliphatic heterocycles. The Bertz CT molecular complexity index is 291. The molecule has 1 aromatic heterocycles. The zero-order valence-corrected chi connectivity index (χ0v) is 8.13. The fourth-order valence-corrected chi connectivity index (χ4v) is 1.72. The molecule has 2 heterocycles. The Kier molecular flexibility index (Phi) is 2.74. The van der Waals surface area contributed by atoms with Gasteiger partial charge in [0.2, 0.25) is 0 Å². The average Bonchev–Trinajstić information content (AvgIpc) is 2.65. The van der Waals surface area contributed by atoms with Gasteiger partial charge in [-0.15, -0.1) is 0 Å². The van der Waals surface area contributed by atoms with Crippen molar-refractivity contribution >= 4 is 0 Å². The highest BCUT2D eigenvalue weighted by Crippen LogP contribution is 2.28. The van der Waals surface area contributed by atoms with Gasteiger partial charge in [0.1, 0.15) is 6.10 Å². The Morgan fingerprint density at radius 2 is 2.36 bits per heavy atom. The van der Waals surface area contributed by atoms with Gasteiger partial charge in [-0.25, -0.2) is 0 Å². The molecule has 0 amide bonds. The summed E-state index contributed by atoms with van der Waals surface area (Å²) in [7, 11) is 0. The number of rotatable bonds is 2. The third kappa shape index (κ3) is 1.91. The molecule has 76 valence electrons. The van der Waals surface area contributed by atoms with Crippen molar-refractivity contribution in [1.29, 1.82) is 0 Å². The van der Waals surface area contributed by atoms with E-state index in [9.17, 15) is 5.11 Å². The van der Waals surface area contributed by atoms with Crippen molar-refractivity contribution in [2.24, 2.45) is 0 Å². The lowest BCUT2D eigenvalue weighted by Gasteiger charge is -2.17. The zero-order valence-electron chi connectivity index (χ0n) is 8.13. The maximum atomic E-state index is 9.91. The standard InChI is InChI=1S/C10H14N2O2/c1-7-2-3-9(14-7)10(13)8-6-11-4-5-12-8/h4-7,9-10,13H,2-3H2,1H3. The Labute approximate surface area is 83.0 Å². The van der Waals surface area contributed by atoms with Gasteiger partial charge in [0.15, 0.2) is 0 Å². The van der Waals surface area contributed by atoms with Crippen LogP contribution in [0.3, 0.4) is 0 Å². The van der Waals surface area contributed by atoms with E-state index in [0.717, 1.165) is 12.8 Å². The Morgan fingerprint density at radius 1 is 1.50 bits per heavy atom. The lowest BCUT2D eigenvalue weighted by molar-refractivity contribution is -0.0315. The molecule has 1 fully saturated rings. The van der Waals surface area contributed by atoms with Crippen molar-refractivity contribution in [1.82, 2.24) is 9.97 Å². The van der Waals surface area contributed by atoms with Crippen molar-refractivity contribution in [2.75, 3.05) is 0 Å². The molecule has 3 unspecified atom stereocenters. The van der Waals surface area contributed by atoms with Gasteiger partial charge in [0, 0.05) is 12.4 Å². The van der Waals surface area contributed by atoms with Crippen LogP contribution in [0, 0.1) is 0 Å². The summed E-state index contributed by atoms with van der Waals surface area (Å²) in [6.07, 6.45) is 6.12. The van der Waals surface area contributed by atoms with Gasteiger partial charge >= 0.3 is 0 Å². The van der Waals surface area contributed by atoms with Crippen LogP contribution in [0.15, 0.2) is 18.6 Å². The highest BCUT2D eigenvalue weighted by atomic mass is 16.5. The lowest BCUT2D eigenvalue weighted by atomic mass is 10.1. The highest BCUT2D eigenvalue weighted by Gasteiger charge is 2.29. The van der Waals surface area contributed by atoms with Crippen LogP contribution in [0.4, 0.5) is 0 Å². The van der Waals surface area contributed by atoms with E-state index in [-0.39, 0.29) is 12.2 Å². The Morgan fingerprint density at radius 3 is 2.93 bits per heavy atom. The minimum Gasteiger partial charge on any atom is -0.384 e.